The zero-order valence-corrected chi connectivity index (χ0v) is 13.9. The van der Waals surface area contributed by atoms with Gasteiger partial charge in [-0.2, -0.15) is 0 Å². The number of Topliss-reactive ketones (excluding diaryl/α,β-unsaturated/α-hetero) is 1. The molecule has 2 aromatic rings. The molecule has 0 aliphatic rings. The molecular formula is C19H19NO4. The smallest absolute Gasteiger partial charge is 0.341 e. The first-order valence-corrected chi connectivity index (χ1v) is 7.60. The number of benzene rings is 1. The summed E-state index contributed by atoms with van der Waals surface area (Å²) >= 11 is 0. The Labute approximate surface area is 140 Å². The number of nitrogens with zero attached hydrogens (tertiary/aromatic N) is 1. The van der Waals surface area contributed by atoms with Crippen molar-refractivity contribution in [3.63, 3.8) is 0 Å². The topological polar surface area (TPSA) is 76.5 Å². The molecule has 0 amide bonds. The van der Waals surface area contributed by atoms with Crippen LogP contribution in [0.15, 0.2) is 30.3 Å². The van der Waals surface area contributed by atoms with Gasteiger partial charge in [0.2, 0.25) is 0 Å². The molecule has 2 rings (SSSR count). The lowest BCUT2D eigenvalue weighted by Crippen LogP contribution is -2.15. The molecular weight excluding hydrogens is 306 g/mol. The van der Waals surface area contributed by atoms with E-state index in [0.29, 0.717) is 0 Å². The van der Waals surface area contributed by atoms with Crippen molar-refractivity contribution in [2.24, 2.45) is 0 Å². The maximum Gasteiger partial charge on any atom is 0.341 e. The van der Waals surface area contributed by atoms with Gasteiger partial charge in [0.1, 0.15) is 5.75 Å². The summed E-state index contributed by atoms with van der Waals surface area (Å²) in [5, 5.41) is 10.2. The maximum absolute atomic E-state index is 12.3. The second-order valence-corrected chi connectivity index (χ2v) is 5.20. The van der Waals surface area contributed by atoms with Crippen LogP contribution >= 0.6 is 0 Å². The van der Waals surface area contributed by atoms with E-state index in [1.165, 1.54) is 6.92 Å². The molecule has 1 heterocycles. The van der Waals surface area contributed by atoms with Gasteiger partial charge in [0.25, 0.3) is 0 Å². The summed E-state index contributed by atoms with van der Waals surface area (Å²) in [5.74, 6) is -1.39. The van der Waals surface area contributed by atoms with Crippen LogP contribution in [0.1, 0.15) is 51.5 Å². The van der Waals surface area contributed by atoms with Crippen molar-refractivity contribution in [1.29, 1.82) is 0 Å². The van der Waals surface area contributed by atoms with Gasteiger partial charge in [0, 0.05) is 0 Å². The second-order valence-electron chi connectivity index (χ2n) is 5.20. The Balaban J connectivity index is 2.63. The van der Waals surface area contributed by atoms with E-state index in [2.05, 4.69) is 4.98 Å². The number of ether oxygens (including phenoxy) is 1. The van der Waals surface area contributed by atoms with E-state index in [1.807, 2.05) is 30.3 Å². The van der Waals surface area contributed by atoms with Crippen LogP contribution in [0.4, 0.5) is 0 Å². The highest BCUT2D eigenvalue weighted by Crippen LogP contribution is 2.29. The first-order chi connectivity index (χ1) is 11.5. The molecule has 5 nitrogen and oxygen atoms in total. The Morgan fingerprint density at radius 3 is 2.42 bits per heavy atom. The van der Waals surface area contributed by atoms with Crippen LogP contribution in [0, 0.1) is 6.92 Å². The van der Waals surface area contributed by atoms with Crippen molar-refractivity contribution >= 4 is 23.9 Å². The molecule has 0 unspecified atom stereocenters. The Bertz CT molecular complexity index is 795. The van der Waals surface area contributed by atoms with Crippen molar-refractivity contribution in [3.8, 4) is 5.75 Å². The minimum atomic E-state index is -0.682. The predicted octanol–water partition coefficient (Wildman–Crippen LogP) is 3.65. The standard InChI is InChI=1S/C19H19NO4/c1-4-24-19(23)17-15(11-10-14-8-6-5-7-9-14)20-12(2)18(22)16(17)13(3)21/h5-11,22H,4H2,1-3H3/b11-10+. The highest BCUT2D eigenvalue weighted by molar-refractivity contribution is 6.09. The summed E-state index contributed by atoms with van der Waals surface area (Å²) in [6.45, 7) is 4.71. The second kappa shape index (κ2) is 7.55. The van der Waals surface area contributed by atoms with Gasteiger partial charge in [-0.15, -0.1) is 0 Å². The Morgan fingerprint density at radius 1 is 1.17 bits per heavy atom. The zero-order valence-electron chi connectivity index (χ0n) is 13.9. The summed E-state index contributed by atoms with van der Waals surface area (Å²) in [5.41, 5.74) is 1.41. The lowest BCUT2D eigenvalue weighted by atomic mass is 9.99. The summed E-state index contributed by atoms with van der Waals surface area (Å²) in [7, 11) is 0. The van der Waals surface area contributed by atoms with Crippen LogP contribution in [0.5, 0.6) is 5.75 Å². The lowest BCUT2D eigenvalue weighted by molar-refractivity contribution is 0.0521. The summed E-state index contributed by atoms with van der Waals surface area (Å²) in [6, 6.07) is 9.49. The highest BCUT2D eigenvalue weighted by Gasteiger charge is 2.25. The number of hydrogen-bond donors (Lipinski definition) is 1. The van der Waals surface area contributed by atoms with E-state index >= 15 is 0 Å². The molecule has 0 saturated carbocycles. The molecule has 1 N–H and O–H groups in total. The fraction of sp³-hybridized carbons (Fsp3) is 0.211. The van der Waals surface area contributed by atoms with Crippen LogP contribution in [-0.2, 0) is 4.74 Å². The highest BCUT2D eigenvalue weighted by atomic mass is 16.5. The fourth-order valence-electron chi connectivity index (χ4n) is 2.33. The number of rotatable bonds is 5. The molecule has 5 heteroatoms. The number of aromatic nitrogens is 1. The van der Waals surface area contributed by atoms with Crippen molar-refractivity contribution in [3.05, 3.63) is 58.4 Å². The summed E-state index contributed by atoms with van der Waals surface area (Å²) < 4.78 is 5.03. The molecule has 1 aromatic carbocycles. The quantitative estimate of drug-likeness (QED) is 0.671. The number of carbonyl (C=O) groups excluding carboxylic acids is 2. The largest absolute Gasteiger partial charge is 0.505 e. The van der Waals surface area contributed by atoms with Gasteiger partial charge < -0.3 is 9.84 Å². The zero-order chi connectivity index (χ0) is 17.7. The molecule has 0 atom stereocenters. The molecule has 0 saturated heterocycles. The van der Waals surface area contributed by atoms with Gasteiger partial charge in [0.15, 0.2) is 5.78 Å². The fourth-order valence-corrected chi connectivity index (χ4v) is 2.33. The third-order valence-corrected chi connectivity index (χ3v) is 3.44. The Kier molecular flexibility index (Phi) is 5.47. The van der Waals surface area contributed by atoms with E-state index in [1.54, 1.807) is 26.0 Å². The lowest BCUT2D eigenvalue weighted by Gasteiger charge is -2.13. The van der Waals surface area contributed by atoms with E-state index in [4.69, 9.17) is 4.74 Å². The third-order valence-electron chi connectivity index (χ3n) is 3.44. The van der Waals surface area contributed by atoms with Crippen LogP contribution in [-0.4, -0.2) is 28.4 Å². The van der Waals surface area contributed by atoms with E-state index in [9.17, 15) is 14.7 Å². The van der Waals surface area contributed by atoms with Gasteiger partial charge in [-0.25, -0.2) is 9.78 Å². The summed E-state index contributed by atoms with van der Waals surface area (Å²) in [4.78, 5) is 28.5. The van der Waals surface area contributed by atoms with Crippen molar-refractivity contribution in [2.45, 2.75) is 20.8 Å². The number of carbonyl (C=O) groups is 2. The minimum Gasteiger partial charge on any atom is -0.505 e. The number of pyridine rings is 1. The normalized spacial score (nSPS) is 10.8. The molecule has 0 bridgehead atoms. The number of ketones is 1. The monoisotopic (exact) mass is 325 g/mol. The Morgan fingerprint density at radius 2 is 1.83 bits per heavy atom. The average molecular weight is 325 g/mol. The predicted molar refractivity (Wildman–Crippen MR) is 92.0 cm³/mol. The van der Waals surface area contributed by atoms with Crippen LogP contribution < -0.4 is 0 Å². The van der Waals surface area contributed by atoms with Gasteiger partial charge in [-0.3, -0.25) is 4.79 Å². The van der Waals surface area contributed by atoms with Crippen molar-refractivity contribution in [1.82, 2.24) is 4.98 Å². The molecule has 0 aliphatic carbocycles. The molecule has 0 fully saturated rings. The number of aromatic hydroxyl groups is 1. The van der Waals surface area contributed by atoms with E-state index < -0.39 is 11.8 Å². The first kappa shape index (κ1) is 17.4. The van der Waals surface area contributed by atoms with Crippen LogP contribution in [0.3, 0.4) is 0 Å². The molecule has 24 heavy (non-hydrogen) atoms. The van der Waals surface area contributed by atoms with Gasteiger partial charge >= 0.3 is 5.97 Å². The van der Waals surface area contributed by atoms with E-state index in [0.717, 1.165) is 5.56 Å². The first-order valence-electron chi connectivity index (χ1n) is 7.60. The number of aryl methyl sites for hydroxylation is 1. The van der Waals surface area contributed by atoms with E-state index in [-0.39, 0.29) is 34.9 Å². The van der Waals surface area contributed by atoms with Gasteiger partial charge in [0.05, 0.1) is 29.1 Å². The number of esters is 1. The molecule has 0 radical (unpaired) electrons. The molecule has 0 spiro atoms. The van der Waals surface area contributed by atoms with Gasteiger partial charge in [-0.05, 0) is 32.4 Å². The maximum atomic E-state index is 12.3. The number of hydrogen-bond acceptors (Lipinski definition) is 5. The van der Waals surface area contributed by atoms with Crippen molar-refractivity contribution in [2.75, 3.05) is 6.61 Å². The van der Waals surface area contributed by atoms with Crippen LogP contribution in [0.2, 0.25) is 0 Å². The average Bonchev–Trinajstić information content (AvgIpc) is 2.56. The van der Waals surface area contributed by atoms with Gasteiger partial charge in [-0.1, -0.05) is 36.4 Å². The van der Waals surface area contributed by atoms with Crippen molar-refractivity contribution < 1.29 is 19.4 Å². The SMILES string of the molecule is CCOC(=O)c1c(/C=C/c2ccccc2)nc(C)c(O)c1C(C)=O. The minimum absolute atomic E-state index is 0.0142. The molecule has 1 aromatic heterocycles. The molecule has 124 valence electrons. The third kappa shape index (κ3) is 3.68. The summed E-state index contributed by atoms with van der Waals surface area (Å²) in [6.07, 6.45) is 3.42. The molecule has 0 aliphatic heterocycles. The Hall–Kier alpha value is -2.95. The van der Waals surface area contributed by atoms with Crippen LogP contribution in [0.25, 0.3) is 12.2 Å².